The predicted octanol–water partition coefficient (Wildman–Crippen LogP) is 3.77. The lowest BCUT2D eigenvalue weighted by atomic mass is 10.0. The summed E-state index contributed by atoms with van der Waals surface area (Å²) in [6.07, 6.45) is 0.321. The fourth-order valence-electron chi connectivity index (χ4n) is 3.55. The number of aryl methyl sites for hydroxylation is 3. The van der Waals surface area contributed by atoms with Crippen molar-refractivity contribution in [3.8, 4) is 0 Å². The number of rotatable bonds is 8. The van der Waals surface area contributed by atoms with Gasteiger partial charge in [0.1, 0.15) is 6.04 Å². The van der Waals surface area contributed by atoms with Crippen LogP contribution in [0.5, 0.6) is 0 Å². The average Bonchev–Trinajstić information content (AvgIpc) is 3.30. The molecular formula is C25H27N3O3S. The van der Waals surface area contributed by atoms with Crippen LogP contribution in [0.4, 0.5) is 5.69 Å². The predicted molar refractivity (Wildman–Crippen MR) is 128 cm³/mol. The summed E-state index contributed by atoms with van der Waals surface area (Å²) in [5, 5.41) is 10.1. The third-order valence-corrected chi connectivity index (χ3v) is 5.88. The number of amides is 3. The smallest absolute Gasteiger partial charge is 0.262 e. The van der Waals surface area contributed by atoms with Gasteiger partial charge in [0.25, 0.3) is 5.91 Å². The molecule has 3 N–H and O–H groups in total. The number of anilines is 1. The quantitative estimate of drug-likeness (QED) is 0.489. The van der Waals surface area contributed by atoms with Gasteiger partial charge in [0.15, 0.2) is 0 Å². The third kappa shape index (κ3) is 6.28. The number of carbonyl (C=O) groups excluding carboxylic acids is 3. The van der Waals surface area contributed by atoms with E-state index in [0.717, 1.165) is 27.9 Å². The molecule has 7 heteroatoms. The fourth-order valence-corrected chi connectivity index (χ4v) is 4.17. The highest BCUT2D eigenvalue weighted by Crippen LogP contribution is 2.21. The van der Waals surface area contributed by atoms with Crippen molar-refractivity contribution in [2.45, 2.75) is 33.2 Å². The molecular weight excluding hydrogens is 422 g/mol. The van der Waals surface area contributed by atoms with Gasteiger partial charge in [0, 0.05) is 12.1 Å². The molecule has 3 amide bonds. The van der Waals surface area contributed by atoms with E-state index in [9.17, 15) is 14.4 Å². The van der Waals surface area contributed by atoms with Gasteiger partial charge in [-0.2, -0.15) is 0 Å². The largest absolute Gasteiger partial charge is 0.345 e. The van der Waals surface area contributed by atoms with Crippen LogP contribution < -0.4 is 16.0 Å². The maximum Gasteiger partial charge on any atom is 0.262 e. The Kier molecular flexibility index (Phi) is 7.78. The lowest BCUT2D eigenvalue weighted by Gasteiger charge is -2.19. The number of carbonyl (C=O) groups is 3. The molecule has 0 aliphatic rings. The van der Waals surface area contributed by atoms with Crippen LogP contribution in [0.15, 0.2) is 60.0 Å². The second kappa shape index (κ2) is 10.7. The first-order valence-electron chi connectivity index (χ1n) is 10.4. The zero-order valence-corrected chi connectivity index (χ0v) is 19.2. The lowest BCUT2D eigenvalue weighted by Crippen LogP contribution is -2.49. The van der Waals surface area contributed by atoms with E-state index in [1.54, 1.807) is 17.5 Å². The molecule has 0 aliphatic carbocycles. The summed E-state index contributed by atoms with van der Waals surface area (Å²) in [6.45, 7) is 5.68. The van der Waals surface area contributed by atoms with E-state index in [1.807, 2.05) is 63.2 Å². The van der Waals surface area contributed by atoms with Crippen molar-refractivity contribution in [3.63, 3.8) is 0 Å². The molecule has 32 heavy (non-hydrogen) atoms. The molecule has 1 heterocycles. The monoisotopic (exact) mass is 449 g/mol. The molecule has 0 saturated heterocycles. The van der Waals surface area contributed by atoms with Crippen molar-refractivity contribution in [3.05, 3.63) is 87.1 Å². The molecule has 1 aromatic heterocycles. The third-order valence-electron chi connectivity index (χ3n) is 5.01. The second-order valence-corrected chi connectivity index (χ2v) is 8.68. The number of hydrogen-bond acceptors (Lipinski definition) is 4. The Hall–Kier alpha value is -3.45. The minimum Gasteiger partial charge on any atom is -0.345 e. The minimum absolute atomic E-state index is 0.189. The van der Waals surface area contributed by atoms with Gasteiger partial charge >= 0.3 is 0 Å². The maximum atomic E-state index is 12.9. The summed E-state index contributed by atoms with van der Waals surface area (Å²) in [4.78, 5) is 38.4. The summed E-state index contributed by atoms with van der Waals surface area (Å²) in [5.41, 5.74) is 4.72. The van der Waals surface area contributed by atoms with E-state index in [0.29, 0.717) is 11.3 Å². The second-order valence-electron chi connectivity index (χ2n) is 7.73. The number of benzene rings is 2. The van der Waals surface area contributed by atoms with Gasteiger partial charge in [-0.3, -0.25) is 14.4 Å². The van der Waals surface area contributed by atoms with E-state index in [4.69, 9.17) is 0 Å². The highest BCUT2D eigenvalue weighted by molar-refractivity contribution is 7.12. The number of thiophene rings is 1. The molecule has 0 radical (unpaired) electrons. The fraction of sp³-hybridized carbons (Fsp3) is 0.240. The van der Waals surface area contributed by atoms with Crippen LogP contribution in [0.2, 0.25) is 0 Å². The Bertz CT molecular complexity index is 1070. The molecule has 0 spiro atoms. The average molecular weight is 450 g/mol. The van der Waals surface area contributed by atoms with Gasteiger partial charge < -0.3 is 16.0 Å². The van der Waals surface area contributed by atoms with Crippen LogP contribution >= 0.6 is 11.3 Å². The normalized spacial score (nSPS) is 11.5. The summed E-state index contributed by atoms with van der Waals surface area (Å²) >= 11 is 1.31. The summed E-state index contributed by atoms with van der Waals surface area (Å²) < 4.78 is 0. The SMILES string of the molecule is Cc1cc(C)c(NC(=O)CNC(=O)C(Cc2ccccc2)NC(=O)c2cccs2)c(C)c1. The molecule has 2 aromatic carbocycles. The molecule has 3 rings (SSSR count). The van der Waals surface area contributed by atoms with E-state index in [2.05, 4.69) is 16.0 Å². The molecule has 0 bridgehead atoms. The summed E-state index contributed by atoms with van der Waals surface area (Å²) in [6, 6.07) is 16.1. The lowest BCUT2D eigenvalue weighted by molar-refractivity contribution is -0.125. The van der Waals surface area contributed by atoms with Crippen LogP contribution in [0.3, 0.4) is 0 Å². The first-order chi connectivity index (χ1) is 15.3. The van der Waals surface area contributed by atoms with E-state index in [1.165, 1.54) is 11.3 Å². The number of nitrogens with one attached hydrogen (secondary N) is 3. The van der Waals surface area contributed by atoms with Crippen molar-refractivity contribution >= 4 is 34.7 Å². The first kappa shape index (κ1) is 23.2. The van der Waals surface area contributed by atoms with Crippen LogP contribution in [0, 0.1) is 20.8 Å². The van der Waals surface area contributed by atoms with Gasteiger partial charge in [0.05, 0.1) is 11.4 Å². The highest BCUT2D eigenvalue weighted by Gasteiger charge is 2.23. The van der Waals surface area contributed by atoms with E-state index < -0.39 is 11.9 Å². The molecule has 3 aromatic rings. The summed E-state index contributed by atoms with van der Waals surface area (Å²) in [7, 11) is 0. The molecule has 0 saturated carbocycles. The van der Waals surface area contributed by atoms with Crippen LogP contribution in [-0.4, -0.2) is 30.3 Å². The highest BCUT2D eigenvalue weighted by atomic mass is 32.1. The molecule has 1 atom stereocenters. The van der Waals surface area contributed by atoms with Crippen molar-refractivity contribution in [1.82, 2.24) is 10.6 Å². The maximum absolute atomic E-state index is 12.9. The van der Waals surface area contributed by atoms with Gasteiger partial charge in [0.2, 0.25) is 11.8 Å². The van der Waals surface area contributed by atoms with Gasteiger partial charge in [-0.05, 0) is 48.9 Å². The summed E-state index contributed by atoms with van der Waals surface area (Å²) in [5.74, 6) is -1.05. The van der Waals surface area contributed by atoms with Crippen molar-refractivity contribution in [2.24, 2.45) is 0 Å². The van der Waals surface area contributed by atoms with E-state index in [-0.39, 0.29) is 18.4 Å². The van der Waals surface area contributed by atoms with Crippen LogP contribution in [-0.2, 0) is 16.0 Å². The minimum atomic E-state index is -0.803. The Labute approximate surface area is 192 Å². The van der Waals surface area contributed by atoms with E-state index >= 15 is 0 Å². The van der Waals surface area contributed by atoms with Crippen LogP contribution in [0.1, 0.15) is 31.9 Å². The Morgan fingerprint density at radius 1 is 0.938 bits per heavy atom. The Balaban J connectivity index is 1.65. The molecule has 166 valence electrons. The molecule has 0 fully saturated rings. The zero-order valence-electron chi connectivity index (χ0n) is 18.4. The van der Waals surface area contributed by atoms with Gasteiger partial charge in [-0.15, -0.1) is 11.3 Å². The van der Waals surface area contributed by atoms with Gasteiger partial charge in [-0.1, -0.05) is 54.1 Å². The Morgan fingerprint density at radius 3 is 2.25 bits per heavy atom. The topological polar surface area (TPSA) is 87.3 Å². The molecule has 6 nitrogen and oxygen atoms in total. The number of hydrogen-bond donors (Lipinski definition) is 3. The van der Waals surface area contributed by atoms with Crippen molar-refractivity contribution in [1.29, 1.82) is 0 Å². The molecule has 1 unspecified atom stereocenters. The van der Waals surface area contributed by atoms with Crippen molar-refractivity contribution < 1.29 is 14.4 Å². The van der Waals surface area contributed by atoms with Crippen LogP contribution in [0.25, 0.3) is 0 Å². The van der Waals surface area contributed by atoms with Gasteiger partial charge in [-0.25, -0.2) is 0 Å². The standard InChI is InChI=1S/C25H27N3O3S/c1-16-12-17(2)23(18(3)13-16)28-22(29)15-26-24(30)20(14-19-8-5-4-6-9-19)27-25(31)21-10-7-11-32-21/h4-13,20H,14-15H2,1-3H3,(H,26,30)(H,27,31)(H,28,29). The first-order valence-corrected chi connectivity index (χ1v) is 11.2. The van der Waals surface area contributed by atoms with Crippen molar-refractivity contribution in [2.75, 3.05) is 11.9 Å². The zero-order chi connectivity index (χ0) is 23.1. The Morgan fingerprint density at radius 2 is 1.62 bits per heavy atom. The molecule has 0 aliphatic heterocycles.